The topological polar surface area (TPSA) is 42.0 Å². The molecule has 158 valence electrons. The second-order valence-electron chi connectivity index (χ2n) is 6.88. The molecule has 1 fully saturated rings. The van der Waals surface area contributed by atoms with Crippen molar-refractivity contribution in [2.75, 3.05) is 52.5 Å². The van der Waals surface area contributed by atoms with Gasteiger partial charge in [-0.15, -0.1) is 0 Å². The highest BCUT2D eigenvalue weighted by Crippen LogP contribution is 2.16. The Morgan fingerprint density at radius 1 is 1.04 bits per heavy atom. The summed E-state index contributed by atoms with van der Waals surface area (Å²) in [7, 11) is 0. The lowest BCUT2D eigenvalue weighted by Gasteiger charge is -2.34. The zero-order valence-electron chi connectivity index (χ0n) is 16.3. The molecule has 1 amide bonds. The monoisotopic (exact) mass is 402 g/mol. The van der Waals surface area contributed by atoms with E-state index in [4.69, 9.17) is 4.74 Å². The highest BCUT2D eigenvalue weighted by Gasteiger charge is 2.27. The highest BCUT2D eigenvalue weighted by atomic mass is 19.4. The van der Waals surface area contributed by atoms with Gasteiger partial charge in [-0.05, 0) is 37.1 Å². The third kappa shape index (κ3) is 8.06. The number of benzene rings is 1. The quantitative estimate of drug-likeness (QED) is 0.561. The molecule has 1 aliphatic heterocycles. The predicted octanol–water partition coefficient (Wildman–Crippen LogP) is 3.59. The molecule has 8 heteroatoms. The molecule has 5 nitrogen and oxygen atoms in total. The maximum absolute atomic E-state index is 12.6. The summed E-state index contributed by atoms with van der Waals surface area (Å²) in [5.74, 6) is 0.760. The Morgan fingerprint density at radius 3 is 2.32 bits per heavy atom. The molecule has 0 aliphatic carbocycles. The predicted molar refractivity (Wildman–Crippen MR) is 101 cm³/mol. The maximum Gasteiger partial charge on any atom is 0.411 e. The molecule has 1 aromatic carbocycles. The van der Waals surface area contributed by atoms with Gasteiger partial charge >= 0.3 is 6.18 Å². The van der Waals surface area contributed by atoms with E-state index >= 15 is 0 Å². The summed E-state index contributed by atoms with van der Waals surface area (Å²) >= 11 is 0. The fourth-order valence-corrected chi connectivity index (χ4v) is 2.96. The first-order chi connectivity index (χ1) is 13.4. The van der Waals surface area contributed by atoms with Crippen LogP contribution in [0, 0.1) is 0 Å². The number of hydrogen-bond donors (Lipinski definition) is 0. The van der Waals surface area contributed by atoms with Gasteiger partial charge in [0.05, 0.1) is 6.61 Å². The molecule has 1 saturated heterocycles. The van der Waals surface area contributed by atoms with Gasteiger partial charge in [-0.25, -0.2) is 0 Å². The molecule has 28 heavy (non-hydrogen) atoms. The molecule has 0 atom stereocenters. The number of carbonyl (C=O) groups excluding carboxylic acids is 1. The van der Waals surface area contributed by atoms with Crippen LogP contribution in [0.3, 0.4) is 0 Å². The summed E-state index contributed by atoms with van der Waals surface area (Å²) in [6.45, 7) is 4.98. The Bertz CT molecular complexity index is 585. The summed E-state index contributed by atoms with van der Waals surface area (Å²) in [6, 6.07) is 7.21. The zero-order valence-corrected chi connectivity index (χ0v) is 16.3. The van der Waals surface area contributed by atoms with Crippen LogP contribution in [0.2, 0.25) is 0 Å². The molecular weight excluding hydrogens is 373 g/mol. The van der Waals surface area contributed by atoms with Gasteiger partial charge in [-0.3, -0.25) is 9.69 Å². The van der Waals surface area contributed by atoms with Crippen LogP contribution in [0.15, 0.2) is 24.3 Å². The molecule has 0 aromatic heterocycles. The SMILES string of the molecule is CCCCOc1ccc(C(=O)N2CCN(CCCOCC(F)(F)F)CC2)cc1. The van der Waals surface area contributed by atoms with Crippen LogP contribution in [0.25, 0.3) is 0 Å². The van der Waals surface area contributed by atoms with Gasteiger partial charge in [0.2, 0.25) is 0 Å². The summed E-state index contributed by atoms with van der Waals surface area (Å²) in [5, 5.41) is 0. The zero-order chi connectivity index (χ0) is 20.4. The van der Waals surface area contributed by atoms with E-state index in [2.05, 4.69) is 16.6 Å². The molecule has 0 saturated carbocycles. The Balaban J connectivity index is 1.67. The number of nitrogens with zero attached hydrogens (tertiary/aromatic N) is 2. The third-order valence-electron chi connectivity index (χ3n) is 4.56. The van der Waals surface area contributed by atoms with Crippen LogP contribution in [-0.2, 0) is 4.74 Å². The van der Waals surface area contributed by atoms with Crippen molar-refractivity contribution in [3.8, 4) is 5.75 Å². The van der Waals surface area contributed by atoms with E-state index < -0.39 is 12.8 Å². The normalized spacial score (nSPS) is 15.6. The van der Waals surface area contributed by atoms with E-state index in [0.717, 1.165) is 18.6 Å². The van der Waals surface area contributed by atoms with Crippen LogP contribution < -0.4 is 4.74 Å². The van der Waals surface area contributed by atoms with Gasteiger partial charge in [0.25, 0.3) is 5.91 Å². The Labute approximate surface area is 164 Å². The second-order valence-corrected chi connectivity index (χ2v) is 6.88. The van der Waals surface area contributed by atoms with E-state index in [0.29, 0.717) is 51.3 Å². The van der Waals surface area contributed by atoms with Gasteiger partial charge in [-0.1, -0.05) is 13.3 Å². The van der Waals surface area contributed by atoms with Gasteiger partial charge in [-0.2, -0.15) is 13.2 Å². The lowest BCUT2D eigenvalue weighted by molar-refractivity contribution is -0.174. The van der Waals surface area contributed by atoms with Crippen molar-refractivity contribution in [1.82, 2.24) is 9.80 Å². The molecule has 0 unspecified atom stereocenters. The van der Waals surface area contributed by atoms with Gasteiger partial charge in [0, 0.05) is 44.9 Å². The Kier molecular flexibility index (Phi) is 9.05. The van der Waals surface area contributed by atoms with E-state index in [9.17, 15) is 18.0 Å². The summed E-state index contributed by atoms with van der Waals surface area (Å²) in [6.07, 6.45) is -1.65. The van der Waals surface area contributed by atoms with Crippen LogP contribution >= 0.6 is 0 Å². The standard InChI is InChI=1S/C20H29F3N2O3/c1-2-3-15-28-18-7-5-17(6-8-18)19(26)25-12-10-24(11-13-25)9-4-14-27-16-20(21,22)23/h5-8H,2-4,9-16H2,1H3. The average molecular weight is 402 g/mol. The fourth-order valence-electron chi connectivity index (χ4n) is 2.96. The van der Waals surface area contributed by atoms with E-state index in [1.807, 2.05) is 17.0 Å². The summed E-state index contributed by atoms with van der Waals surface area (Å²) in [4.78, 5) is 16.6. The molecule has 0 N–H and O–H groups in total. The van der Waals surface area contributed by atoms with Gasteiger partial charge in [0.15, 0.2) is 0 Å². The van der Waals surface area contributed by atoms with Crippen molar-refractivity contribution in [3.63, 3.8) is 0 Å². The van der Waals surface area contributed by atoms with Crippen LogP contribution in [-0.4, -0.2) is 74.4 Å². The van der Waals surface area contributed by atoms with Crippen molar-refractivity contribution in [3.05, 3.63) is 29.8 Å². The molecule has 0 spiro atoms. The molecule has 1 heterocycles. The van der Waals surface area contributed by atoms with Gasteiger partial charge < -0.3 is 14.4 Å². The maximum atomic E-state index is 12.6. The number of unbranched alkanes of at least 4 members (excludes halogenated alkanes) is 1. The van der Waals surface area contributed by atoms with Crippen molar-refractivity contribution in [1.29, 1.82) is 0 Å². The first-order valence-electron chi connectivity index (χ1n) is 9.78. The van der Waals surface area contributed by atoms with Crippen LogP contribution in [0.1, 0.15) is 36.5 Å². The average Bonchev–Trinajstić information content (AvgIpc) is 2.67. The molecule has 1 aromatic rings. The second kappa shape index (κ2) is 11.3. The lowest BCUT2D eigenvalue weighted by atomic mass is 10.1. The Morgan fingerprint density at radius 2 is 1.71 bits per heavy atom. The first-order valence-corrected chi connectivity index (χ1v) is 9.78. The number of halogens is 3. The molecule has 0 bridgehead atoms. The number of amides is 1. The fraction of sp³-hybridized carbons (Fsp3) is 0.650. The minimum absolute atomic E-state index is 0.00623. The molecular formula is C20H29F3N2O3. The van der Waals surface area contributed by atoms with Crippen molar-refractivity contribution < 1.29 is 27.4 Å². The van der Waals surface area contributed by atoms with Crippen molar-refractivity contribution in [2.24, 2.45) is 0 Å². The summed E-state index contributed by atoms with van der Waals surface area (Å²) in [5.41, 5.74) is 0.636. The summed E-state index contributed by atoms with van der Waals surface area (Å²) < 4.78 is 46.3. The smallest absolute Gasteiger partial charge is 0.411 e. The molecule has 0 radical (unpaired) electrons. The number of carbonyl (C=O) groups is 1. The lowest BCUT2D eigenvalue weighted by Crippen LogP contribution is -2.49. The number of rotatable bonds is 10. The highest BCUT2D eigenvalue weighted by molar-refractivity contribution is 5.94. The third-order valence-corrected chi connectivity index (χ3v) is 4.56. The van der Waals surface area contributed by atoms with E-state index in [-0.39, 0.29) is 12.5 Å². The largest absolute Gasteiger partial charge is 0.494 e. The molecule has 2 rings (SSSR count). The number of alkyl halides is 3. The number of hydrogen-bond acceptors (Lipinski definition) is 4. The number of piperazine rings is 1. The first kappa shape index (κ1) is 22.5. The van der Waals surface area contributed by atoms with Crippen LogP contribution in [0.5, 0.6) is 5.75 Å². The van der Waals surface area contributed by atoms with Crippen molar-refractivity contribution in [2.45, 2.75) is 32.4 Å². The number of ether oxygens (including phenoxy) is 2. The Hall–Kier alpha value is -1.80. The van der Waals surface area contributed by atoms with Crippen LogP contribution in [0.4, 0.5) is 13.2 Å². The molecule has 1 aliphatic rings. The van der Waals surface area contributed by atoms with Gasteiger partial charge in [0.1, 0.15) is 12.4 Å². The van der Waals surface area contributed by atoms with Crippen molar-refractivity contribution >= 4 is 5.91 Å². The minimum atomic E-state index is -4.27. The van der Waals surface area contributed by atoms with E-state index in [1.165, 1.54) is 0 Å². The minimum Gasteiger partial charge on any atom is -0.494 e. The van der Waals surface area contributed by atoms with E-state index in [1.54, 1.807) is 12.1 Å².